The summed E-state index contributed by atoms with van der Waals surface area (Å²) in [5.74, 6) is 1.19. The Hall–Kier alpha value is -2.53. The van der Waals surface area contributed by atoms with Crippen molar-refractivity contribution in [2.24, 2.45) is 0 Å². The van der Waals surface area contributed by atoms with Crippen molar-refractivity contribution in [3.05, 3.63) is 66.3 Å². The zero-order valence-electron chi connectivity index (χ0n) is 13.4. The molecule has 0 radical (unpaired) electrons. The Balaban J connectivity index is 1.73. The molecule has 0 aliphatic rings. The van der Waals surface area contributed by atoms with Gasteiger partial charge in [0.25, 0.3) is 0 Å². The molecule has 0 aliphatic heterocycles. The molecule has 0 saturated heterocycles. The standard InChI is InChI=1S/C18H20N4O/c1-3-16(14-8-5-4-6-9-14)22(2)13-17-20-18(21-23-17)15-10-7-11-19-12-15/h4-12,16H,3,13H2,1-2H3/t16-/m1/s1. The van der Waals surface area contributed by atoms with Crippen LogP contribution in [0.5, 0.6) is 0 Å². The molecular weight excluding hydrogens is 288 g/mol. The second-order valence-electron chi connectivity index (χ2n) is 5.50. The molecule has 0 fully saturated rings. The summed E-state index contributed by atoms with van der Waals surface area (Å²) in [7, 11) is 2.08. The summed E-state index contributed by atoms with van der Waals surface area (Å²) in [5.41, 5.74) is 2.16. The van der Waals surface area contributed by atoms with Crippen molar-refractivity contribution >= 4 is 0 Å². The van der Waals surface area contributed by atoms with Gasteiger partial charge >= 0.3 is 0 Å². The molecule has 5 heteroatoms. The fraction of sp³-hybridized carbons (Fsp3) is 0.278. The van der Waals surface area contributed by atoms with Crippen LogP contribution in [0.1, 0.15) is 30.8 Å². The number of benzene rings is 1. The zero-order chi connectivity index (χ0) is 16.1. The Bertz CT molecular complexity index is 727. The van der Waals surface area contributed by atoms with E-state index in [4.69, 9.17) is 4.52 Å². The van der Waals surface area contributed by atoms with Gasteiger partial charge in [0.1, 0.15) is 0 Å². The maximum absolute atomic E-state index is 5.39. The van der Waals surface area contributed by atoms with E-state index in [1.807, 2.05) is 18.2 Å². The maximum Gasteiger partial charge on any atom is 0.241 e. The van der Waals surface area contributed by atoms with Gasteiger partial charge in [-0.25, -0.2) is 0 Å². The van der Waals surface area contributed by atoms with Crippen molar-refractivity contribution in [1.82, 2.24) is 20.0 Å². The second-order valence-corrected chi connectivity index (χ2v) is 5.50. The van der Waals surface area contributed by atoms with Gasteiger partial charge in [-0.1, -0.05) is 42.4 Å². The Morgan fingerprint density at radius 2 is 1.96 bits per heavy atom. The predicted molar refractivity (Wildman–Crippen MR) is 88.5 cm³/mol. The highest BCUT2D eigenvalue weighted by molar-refractivity contribution is 5.51. The summed E-state index contributed by atoms with van der Waals surface area (Å²) in [4.78, 5) is 10.8. The lowest BCUT2D eigenvalue weighted by molar-refractivity contribution is 0.200. The molecule has 3 rings (SSSR count). The molecule has 1 aromatic carbocycles. The molecule has 0 saturated carbocycles. The highest BCUT2D eigenvalue weighted by atomic mass is 16.5. The third-order valence-corrected chi connectivity index (χ3v) is 3.88. The van der Waals surface area contributed by atoms with Crippen molar-refractivity contribution in [1.29, 1.82) is 0 Å². The van der Waals surface area contributed by atoms with Gasteiger partial charge in [-0.2, -0.15) is 4.98 Å². The Morgan fingerprint density at radius 1 is 1.13 bits per heavy atom. The van der Waals surface area contributed by atoms with Crippen LogP contribution in [0.3, 0.4) is 0 Å². The summed E-state index contributed by atoms with van der Waals surface area (Å²) in [6.45, 7) is 2.80. The van der Waals surface area contributed by atoms with E-state index in [2.05, 4.69) is 58.3 Å². The van der Waals surface area contributed by atoms with Crippen molar-refractivity contribution in [2.75, 3.05) is 7.05 Å². The molecule has 3 aromatic rings. The monoisotopic (exact) mass is 308 g/mol. The number of rotatable bonds is 6. The smallest absolute Gasteiger partial charge is 0.241 e. The first kappa shape index (κ1) is 15.4. The summed E-state index contributed by atoms with van der Waals surface area (Å²) >= 11 is 0. The van der Waals surface area contributed by atoms with Gasteiger partial charge in [-0.3, -0.25) is 9.88 Å². The average Bonchev–Trinajstić information content (AvgIpc) is 3.06. The van der Waals surface area contributed by atoms with Gasteiger partial charge in [0, 0.05) is 24.0 Å². The first-order valence-electron chi connectivity index (χ1n) is 7.76. The topological polar surface area (TPSA) is 55.1 Å². The quantitative estimate of drug-likeness (QED) is 0.694. The van der Waals surface area contributed by atoms with Crippen LogP contribution >= 0.6 is 0 Å². The van der Waals surface area contributed by atoms with Gasteiger partial charge in [0.05, 0.1) is 6.54 Å². The number of nitrogens with zero attached hydrogens (tertiary/aromatic N) is 4. The largest absolute Gasteiger partial charge is 0.338 e. The Labute approximate surface area is 136 Å². The molecular formula is C18H20N4O. The fourth-order valence-corrected chi connectivity index (χ4v) is 2.73. The molecule has 0 N–H and O–H groups in total. The second kappa shape index (κ2) is 7.15. The van der Waals surface area contributed by atoms with Crippen LogP contribution in [0, 0.1) is 0 Å². The molecule has 2 heterocycles. The third-order valence-electron chi connectivity index (χ3n) is 3.88. The molecule has 23 heavy (non-hydrogen) atoms. The van der Waals surface area contributed by atoms with E-state index in [9.17, 15) is 0 Å². The van der Waals surface area contributed by atoms with E-state index in [-0.39, 0.29) is 0 Å². The van der Waals surface area contributed by atoms with Gasteiger partial charge in [-0.05, 0) is 31.2 Å². The predicted octanol–water partition coefficient (Wildman–Crippen LogP) is 3.71. The summed E-state index contributed by atoms with van der Waals surface area (Å²) in [6.07, 6.45) is 4.48. The van der Waals surface area contributed by atoms with Crippen LogP contribution in [-0.4, -0.2) is 27.1 Å². The number of pyridine rings is 1. The molecule has 0 amide bonds. The van der Waals surface area contributed by atoms with E-state index >= 15 is 0 Å². The van der Waals surface area contributed by atoms with Crippen LogP contribution in [0.4, 0.5) is 0 Å². The van der Waals surface area contributed by atoms with Crippen molar-refractivity contribution in [3.63, 3.8) is 0 Å². The van der Waals surface area contributed by atoms with Crippen molar-refractivity contribution in [2.45, 2.75) is 25.9 Å². The first-order valence-corrected chi connectivity index (χ1v) is 7.76. The number of hydrogen-bond donors (Lipinski definition) is 0. The minimum atomic E-state index is 0.324. The Kier molecular flexibility index (Phi) is 4.78. The molecule has 5 nitrogen and oxygen atoms in total. The summed E-state index contributed by atoms with van der Waals surface area (Å²) in [6, 6.07) is 14.6. The molecule has 0 unspecified atom stereocenters. The van der Waals surface area contributed by atoms with E-state index in [0.29, 0.717) is 24.3 Å². The van der Waals surface area contributed by atoms with Crippen LogP contribution < -0.4 is 0 Å². The molecule has 2 aromatic heterocycles. The maximum atomic E-state index is 5.39. The van der Waals surface area contributed by atoms with Crippen molar-refractivity contribution < 1.29 is 4.52 Å². The van der Waals surface area contributed by atoms with Crippen LogP contribution in [-0.2, 0) is 6.54 Å². The minimum absolute atomic E-state index is 0.324. The molecule has 0 spiro atoms. The van der Waals surface area contributed by atoms with E-state index in [1.54, 1.807) is 12.4 Å². The van der Waals surface area contributed by atoms with E-state index in [0.717, 1.165) is 12.0 Å². The van der Waals surface area contributed by atoms with Gasteiger partial charge in [0.2, 0.25) is 11.7 Å². The fourth-order valence-electron chi connectivity index (χ4n) is 2.73. The number of hydrogen-bond acceptors (Lipinski definition) is 5. The normalized spacial score (nSPS) is 12.5. The van der Waals surface area contributed by atoms with E-state index < -0.39 is 0 Å². The zero-order valence-corrected chi connectivity index (χ0v) is 13.4. The first-order chi connectivity index (χ1) is 11.3. The molecule has 0 bridgehead atoms. The van der Waals surface area contributed by atoms with Gasteiger partial charge in [0.15, 0.2) is 0 Å². The van der Waals surface area contributed by atoms with Crippen LogP contribution in [0.2, 0.25) is 0 Å². The lowest BCUT2D eigenvalue weighted by Gasteiger charge is -2.26. The number of aromatic nitrogens is 3. The van der Waals surface area contributed by atoms with Crippen LogP contribution in [0.25, 0.3) is 11.4 Å². The van der Waals surface area contributed by atoms with Crippen LogP contribution in [0.15, 0.2) is 59.4 Å². The minimum Gasteiger partial charge on any atom is -0.338 e. The summed E-state index contributed by atoms with van der Waals surface area (Å²) < 4.78 is 5.39. The summed E-state index contributed by atoms with van der Waals surface area (Å²) in [5, 5.41) is 4.04. The van der Waals surface area contributed by atoms with Gasteiger partial charge in [-0.15, -0.1) is 0 Å². The third kappa shape index (κ3) is 3.63. The van der Waals surface area contributed by atoms with Crippen molar-refractivity contribution in [3.8, 4) is 11.4 Å². The van der Waals surface area contributed by atoms with Gasteiger partial charge < -0.3 is 4.52 Å². The molecule has 1 atom stereocenters. The SMILES string of the molecule is CC[C@H](c1ccccc1)N(C)Cc1nc(-c2cccnc2)no1. The average molecular weight is 308 g/mol. The molecule has 118 valence electrons. The Morgan fingerprint density at radius 3 is 2.65 bits per heavy atom. The lowest BCUT2D eigenvalue weighted by atomic mass is 10.0. The lowest BCUT2D eigenvalue weighted by Crippen LogP contribution is -2.23. The molecule has 0 aliphatic carbocycles. The highest BCUT2D eigenvalue weighted by Crippen LogP contribution is 2.24. The van der Waals surface area contributed by atoms with E-state index in [1.165, 1.54) is 5.56 Å². The highest BCUT2D eigenvalue weighted by Gasteiger charge is 2.18.